The summed E-state index contributed by atoms with van der Waals surface area (Å²) >= 11 is 0. The maximum Gasteiger partial charge on any atom is 0.244 e. The molecule has 3 rings (SSSR count). The van der Waals surface area contributed by atoms with Crippen molar-refractivity contribution in [1.82, 2.24) is 10.2 Å². The molecule has 5 heteroatoms. The van der Waals surface area contributed by atoms with Crippen molar-refractivity contribution in [2.24, 2.45) is 0 Å². The molecule has 1 saturated heterocycles. The van der Waals surface area contributed by atoms with E-state index in [1.165, 1.54) is 0 Å². The van der Waals surface area contributed by atoms with Gasteiger partial charge in [-0.15, -0.1) is 0 Å². The zero-order valence-corrected chi connectivity index (χ0v) is 15.1. The quantitative estimate of drug-likeness (QED) is 0.909. The summed E-state index contributed by atoms with van der Waals surface area (Å²) in [6.07, 6.45) is 0.443. The van der Waals surface area contributed by atoms with Crippen molar-refractivity contribution in [3.8, 4) is 11.5 Å². The maximum absolute atomic E-state index is 12.9. The summed E-state index contributed by atoms with van der Waals surface area (Å²) in [6, 6.07) is 15.8. The van der Waals surface area contributed by atoms with Gasteiger partial charge in [-0.05, 0) is 36.6 Å². The Morgan fingerprint density at radius 3 is 2.40 bits per heavy atom. The van der Waals surface area contributed by atoms with Gasteiger partial charge >= 0.3 is 0 Å². The monoisotopic (exact) mass is 340 g/mol. The molecule has 0 radical (unpaired) electrons. The number of nitrogens with one attached hydrogen (secondary N) is 1. The Bertz CT molecular complexity index is 763. The van der Waals surface area contributed by atoms with Gasteiger partial charge in [0.2, 0.25) is 5.91 Å². The molecule has 2 aromatic rings. The van der Waals surface area contributed by atoms with Crippen LogP contribution in [0.1, 0.15) is 24.2 Å². The molecule has 1 heterocycles. The minimum Gasteiger partial charge on any atom is -0.493 e. The van der Waals surface area contributed by atoms with Crippen LogP contribution < -0.4 is 14.8 Å². The molecular formula is C20H24N2O3. The van der Waals surface area contributed by atoms with Crippen LogP contribution in [-0.2, 0) is 11.2 Å². The molecule has 2 atom stereocenters. The Labute approximate surface area is 148 Å². The summed E-state index contributed by atoms with van der Waals surface area (Å²) in [7, 11) is 5.06. The third-order valence-electron chi connectivity index (χ3n) is 4.76. The van der Waals surface area contributed by atoms with Crippen LogP contribution >= 0.6 is 0 Å². The molecule has 0 bridgehead atoms. The molecule has 2 aromatic carbocycles. The molecule has 5 nitrogen and oxygen atoms in total. The molecule has 1 aliphatic heterocycles. The third kappa shape index (κ3) is 3.20. The number of carbonyl (C=O) groups is 1. The van der Waals surface area contributed by atoms with Gasteiger partial charge in [0.05, 0.1) is 14.2 Å². The fraction of sp³-hybridized carbons (Fsp3) is 0.350. The maximum atomic E-state index is 12.9. The summed E-state index contributed by atoms with van der Waals surface area (Å²) in [5.74, 6) is 1.43. The molecule has 1 aliphatic rings. The SMILES string of the molecule is COc1ccc(C[C@]2(C)N[C@H](c3ccccc3)N(C)C2=O)cc1OC. The predicted molar refractivity (Wildman–Crippen MR) is 96.7 cm³/mol. The van der Waals surface area contributed by atoms with Gasteiger partial charge in [0.1, 0.15) is 11.7 Å². The van der Waals surface area contributed by atoms with Gasteiger partial charge in [-0.3, -0.25) is 10.1 Å². The molecule has 0 spiro atoms. The number of nitrogens with zero attached hydrogens (tertiary/aromatic N) is 1. The van der Waals surface area contributed by atoms with Crippen molar-refractivity contribution in [2.75, 3.05) is 21.3 Å². The van der Waals surface area contributed by atoms with Crippen molar-refractivity contribution >= 4 is 5.91 Å². The number of hydrogen-bond donors (Lipinski definition) is 1. The Morgan fingerprint density at radius 1 is 1.08 bits per heavy atom. The number of methoxy groups -OCH3 is 2. The number of ether oxygens (including phenoxy) is 2. The van der Waals surface area contributed by atoms with Crippen LogP contribution in [0.15, 0.2) is 48.5 Å². The number of rotatable bonds is 5. The highest BCUT2D eigenvalue weighted by Gasteiger charge is 2.46. The van der Waals surface area contributed by atoms with Gasteiger partial charge in [-0.25, -0.2) is 0 Å². The summed E-state index contributed by atoms with van der Waals surface area (Å²) in [5, 5.41) is 3.50. The first kappa shape index (κ1) is 17.3. The van der Waals surface area contributed by atoms with E-state index < -0.39 is 5.54 Å². The van der Waals surface area contributed by atoms with E-state index in [4.69, 9.17) is 9.47 Å². The summed E-state index contributed by atoms with van der Waals surface area (Å²) in [6.45, 7) is 1.95. The first-order valence-corrected chi connectivity index (χ1v) is 8.29. The van der Waals surface area contributed by atoms with Gasteiger partial charge in [-0.1, -0.05) is 36.4 Å². The van der Waals surface area contributed by atoms with E-state index in [1.54, 1.807) is 19.1 Å². The van der Waals surface area contributed by atoms with E-state index in [9.17, 15) is 4.79 Å². The Hall–Kier alpha value is -2.53. The van der Waals surface area contributed by atoms with Crippen LogP contribution in [0.5, 0.6) is 11.5 Å². The Kier molecular flexibility index (Phi) is 4.68. The molecule has 25 heavy (non-hydrogen) atoms. The number of carbonyl (C=O) groups excluding carboxylic acids is 1. The van der Waals surface area contributed by atoms with Crippen LogP contribution in [0.3, 0.4) is 0 Å². The molecule has 1 fully saturated rings. The molecule has 1 N–H and O–H groups in total. The second kappa shape index (κ2) is 6.76. The van der Waals surface area contributed by atoms with Crippen molar-refractivity contribution in [3.05, 3.63) is 59.7 Å². The van der Waals surface area contributed by atoms with E-state index in [2.05, 4.69) is 5.32 Å². The lowest BCUT2D eigenvalue weighted by atomic mass is 9.92. The summed E-state index contributed by atoms with van der Waals surface area (Å²) in [5.41, 5.74) is 1.42. The molecule has 0 saturated carbocycles. The van der Waals surface area contributed by atoms with Crippen molar-refractivity contribution in [3.63, 3.8) is 0 Å². The second-order valence-corrected chi connectivity index (χ2v) is 6.57. The molecule has 0 aromatic heterocycles. The van der Waals surface area contributed by atoms with Crippen LogP contribution in [0.4, 0.5) is 0 Å². The number of amides is 1. The first-order valence-electron chi connectivity index (χ1n) is 8.29. The fourth-order valence-corrected chi connectivity index (χ4v) is 3.43. The zero-order chi connectivity index (χ0) is 18.0. The third-order valence-corrected chi connectivity index (χ3v) is 4.76. The van der Waals surface area contributed by atoms with E-state index >= 15 is 0 Å². The van der Waals surface area contributed by atoms with Gasteiger partial charge in [0.15, 0.2) is 11.5 Å². The molecule has 0 unspecified atom stereocenters. The normalized spacial score (nSPS) is 23.0. The molecule has 0 aliphatic carbocycles. The van der Waals surface area contributed by atoms with E-state index in [0.29, 0.717) is 17.9 Å². The highest BCUT2D eigenvalue weighted by molar-refractivity contribution is 5.88. The minimum absolute atomic E-state index is 0.0798. The van der Waals surface area contributed by atoms with Crippen LogP contribution in [-0.4, -0.2) is 37.6 Å². The van der Waals surface area contributed by atoms with Gasteiger partial charge in [0, 0.05) is 7.05 Å². The zero-order valence-electron chi connectivity index (χ0n) is 15.1. The van der Waals surface area contributed by atoms with Gasteiger partial charge in [0.25, 0.3) is 0 Å². The topological polar surface area (TPSA) is 50.8 Å². The lowest BCUT2D eigenvalue weighted by Gasteiger charge is -2.23. The van der Waals surface area contributed by atoms with Crippen LogP contribution in [0.25, 0.3) is 0 Å². The number of likely N-dealkylation sites (N-methyl/N-ethyl adjacent to an activating group) is 1. The van der Waals surface area contributed by atoms with Gasteiger partial charge < -0.3 is 14.4 Å². The van der Waals surface area contributed by atoms with E-state index in [-0.39, 0.29) is 12.1 Å². The van der Waals surface area contributed by atoms with Crippen LogP contribution in [0.2, 0.25) is 0 Å². The lowest BCUT2D eigenvalue weighted by molar-refractivity contribution is -0.131. The summed E-state index contributed by atoms with van der Waals surface area (Å²) < 4.78 is 10.7. The standard InChI is InChI=1S/C20H24N2O3/c1-20(13-14-10-11-16(24-3)17(12-14)25-4)19(23)22(2)18(21-20)15-8-6-5-7-9-15/h5-12,18,21H,13H2,1-4H3/t18-,20-/m0/s1. The molecule has 1 amide bonds. The number of benzene rings is 2. The van der Waals surface area contributed by atoms with E-state index in [0.717, 1.165) is 11.1 Å². The second-order valence-electron chi connectivity index (χ2n) is 6.57. The Morgan fingerprint density at radius 2 is 1.76 bits per heavy atom. The minimum atomic E-state index is -0.672. The predicted octanol–water partition coefficient (Wildman–Crippen LogP) is 2.77. The average Bonchev–Trinajstić information content (AvgIpc) is 2.86. The first-order chi connectivity index (χ1) is 12.0. The van der Waals surface area contributed by atoms with Gasteiger partial charge in [-0.2, -0.15) is 0 Å². The molecule has 132 valence electrons. The van der Waals surface area contributed by atoms with Crippen molar-refractivity contribution in [1.29, 1.82) is 0 Å². The highest BCUT2D eigenvalue weighted by Crippen LogP contribution is 2.34. The smallest absolute Gasteiger partial charge is 0.244 e. The Balaban J connectivity index is 1.86. The summed E-state index contributed by atoms with van der Waals surface area (Å²) in [4.78, 5) is 14.7. The lowest BCUT2D eigenvalue weighted by Crippen LogP contribution is -2.45. The number of hydrogen-bond acceptors (Lipinski definition) is 4. The highest BCUT2D eigenvalue weighted by atomic mass is 16.5. The van der Waals surface area contributed by atoms with E-state index in [1.807, 2.05) is 62.5 Å². The van der Waals surface area contributed by atoms with Crippen LogP contribution in [0, 0.1) is 0 Å². The fourth-order valence-electron chi connectivity index (χ4n) is 3.43. The largest absolute Gasteiger partial charge is 0.493 e. The average molecular weight is 340 g/mol. The molecular weight excluding hydrogens is 316 g/mol. The van der Waals surface area contributed by atoms with Crippen molar-refractivity contribution in [2.45, 2.75) is 25.0 Å². The van der Waals surface area contributed by atoms with Crippen molar-refractivity contribution < 1.29 is 14.3 Å².